The van der Waals surface area contributed by atoms with Gasteiger partial charge in [0.15, 0.2) is 11.5 Å². The van der Waals surface area contributed by atoms with E-state index in [1.807, 2.05) is 24.3 Å². The van der Waals surface area contributed by atoms with E-state index in [-0.39, 0.29) is 34.8 Å². The number of anilines is 1. The van der Waals surface area contributed by atoms with Crippen LogP contribution in [0.3, 0.4) is 0 Å². The molecule has 29 heavy (non-hydrogen) atoms. The van der Waals surface area contributed by atoms with E-state index in [4.69, 9.17) is 21.1 Å². The van der Waals surface area contributed by atoms with E-state index in [0.717, 1.165) is 12.0 Å². The summed E-state index contributed by atoms with van der Waals surface area (Å²) >= 11 is 7.58. The van der Waals surface area contributed by atoms with Crippen molar-refractivity contribution in [2.24, 2.45) is 5.92 Å². The maximum atomic E-state index is 13.5. The lowest BCUT2D eigenvalue weighted by Crippen LogP contribution is -2.41. The predicted octanol–water partition coefficient (Wildman–Crippen LogP) is 3.26. The Morgan fingerprint density at radius 2 is 2.17 bits per heavy atom. The lowest BCUT2D eigenvalue weighted by Gasteiger charge is -2.37. The molecule has 2 aromatic rings. The molecule has 0 bridgehead atoms. The van der Waals surface area contributed by atoms with Gasteiger partial charge in [0.05, 0.1) is 24.6 Å². The topological polar surface area (TPSA) is 81.6 Å². The molecule has 7 nitrogen and oxygen atoms in total. The minimum absolute atomic E-state index is 0.0578. The number of hydrogen-bond donors (Lipinski definition) is 0. The number of ketones is 1. The molecule has 150 valence electrons. The van der Waals surface area contributed by atoms with Crippen molar-refractivity contribution in [1.82, 2.24) is 10.2 Å². The number of carbonyl (C=O) groups excluding carboxylic acids is 2. The third-order valence-electron chi connectivity index (χ3n) is 5.75. The molecule has 1 aromatic heterocycles. The van der Waals surface area contributed by atoms with Crippen molar-refractivity contribution in [2.45, 2.75) is 36.8 Å². The van der Waals surface area contributed by atoms with Crippen LogP contribution in [0.4, 0.5) is 5.13 Å². The first kappa shape index (κ1) is 18.6. The van der Waals surface area contributed by atoms with Crippen molar-refractivity contribution < 1.29 is 19.1 Å². The van der Waals surface area contributed by atoms with E-state index in [9.17, 15) is 9.59 Å². The number of amides is 1. The summed E-state index contributed by atoms with van der Waals surface area (Å²) in [5, 5.41) is 8.32. The van der Waals surface area contributed by atoms with E-state index < -0.39 is 6.04 Å². The Morgan fingerprint density at radius 1 is 1.31 bits per heavy atom. The molecule has 1 saturated carbocycles. The van der Waals surface area contributed by atoms with Crippen LogP contribution in [0.5, 0.6) is 5.75 Å². The molecule has 4 unspecified atom stereocenters. The average molecular weight is 432 g/mol. The van der Waals surface area contributed by atoms with E-state index in [0.29, 0.717) is 29.3 Å². The standard InChI is InChI=1S/C20H18ClN3O4S/c1-27-12-4-2-3-10(7-12)16-15-17(25)13-8-11(21)5-6-14(13)28-18(15)19(26)24(16)20-23-22-9-29-20/h2-4,7,9,11,13-14,16H,5-6,8H2,1H3. The molecule has 4 atom stereocenters. The van der Waals surface area contributed by atoms with Crippen LogP contribution >= 0.6 is 22.9 Å². The second kappa shape index (κ2) is 7.11. The molecule has 0 radical (unpaired) electrons. The number of nitrogens with zero attached hydrogens (tertiary/aromatic N) is 3. The summed E-state index contributed by atoms with van der Waals surface area (Å²) in [7, 11) is 1.58. The van der Waals surface area contributed by atoms with Crippen LogP contribution < -0.4 is 9.64 Å². The summed E-state index contributed by atoms with van der Waals surface area (Å²) in [4.78, 5) is 28.4. The Balaban J connectivity index is 1.65. The molecule has 3 heterocycles. The molecule has 0 spiro atoms. The summed E-state index contributed by atoms with van der Waals surface area (Å²) in [5.74, 6) is 0.0217. The molecule has 3 aliphatic rings. The number of Topliss-reactive ketones (excluding diaryl/α,β-unsaturated/α-hetero) is 1. The minimum Gasteiger partial charge on any atom is -0.497 e. The number of methoxy groups -OCH3 is 1. The lowest BCUT2D eigenvalue weighted by atomic mass is 9.77. The molecule has 5 rings (SSSR count). The number of fused-ring (bicyclic) bond motifs is 1. The van der Waals surface area contributed by atoms with Gasteiger partial charge >= 0.3 is 0 Å². The molecule has 0 saturated heterocycles. The van der Waals surface area contributed by atoms with Crippen molar-refractivity contribution in [3.05, 3.63) is 46.7 Å². The van der Waals surface area contributed by atoms with Gasteiger partial charge in [-0.2, -0.15) is 0 Å². The normalized spacial score (nSPS) is 28.8. The number of rotatable bonds is 3. The number of halogens is 1. The largest absolute Gasteiger partial charge is 0.497 e. The summed E-state index contributed by atoms with van der Waals surface area (Å²) in [6, 6.07) is 6.72. The smallest absolute Gasteiger partial charge is 0.296 e. The Bertz CT molecular complexity index is 1010. The highest BCUT2D eigenvalue weighted by Gasteiger charge is 2.53. The Morgan fingerprint density at radius 3 is 2.93 bits per heavy atom. The van der Waals surface area contributed by atoms with Crippen molar-refractivity contribution in [2.75, 3.05) is 12.0 Å². The van der Waals surface area contributed by atoms with Crippen LogP contribution in [-0.2, 0) is 14.3 Å². The zero-order chi connectivity index (χ0) is 20.1. The lowest BCUT2D eigenvalue weighted by molar-refractivity contribution is -0.131. The van der Waals surface area contributed by atoms with Gasteiger partial charge in [-0.1, -0.05) is 23.5 Å². The monoisotopic (exact) mass is 431 g/mol. The Kier molecular flexibility index (Phi) is 4.55. The zero-order valence-electron chi connectivity index (χ0n) is 15.6. The molecule has 1 aromatic carbocycles. The number of aromatic nitrogens is 2. The van der Waals surface area contributed by atoms with Crippen LogP contribution in [0.1, 0.15) is 30.9 Å². The number of ether oxygens (including phenoxy) is 2. The highest BCUT2D eigenvalue weighted by atomic mass is 35.5. The quantitative estimate of drug-likeness (QED) is 0.694. The first-order valence-electron chi connectivity index (χ1n) is 9.41. The molecule has 0 N–H and O–H groups in total. The van der Waals surface area contributed by atoms with Gasteiger partial charge in [-0.3, -0.25) is 14.5 Å². The Labute approximate surface area is 176 Å². The van der Waals surface area contributed by atoms with Gasteiger partial charge < -0.3 is 9.47 Å². The number of benzene rings is 1. The van der Waals surface area contributed by atoms with Gasteiger partial charge in [0.2, 0.25) is 5.13 Å². The van der Waals surface area contributed by atoms with Crippen molar-refractivity contribution in [1.29, 1.82) is 0 Å². The molecule has 9 heteroatoms. The predicted molar refractivity (Wildman–Crippen MR) is 107 cm³/mol. The molecular weight excluding hydrogens is 414 g/mol. The van der Waals surface area contributed by atoms with Crippen molar-refractivity contribution >= 4 is 39.8 Å². The van der Waals surface area contributed by atoms with Gasteiger partial charge in [0.25, 0.3) is 5.91 Å². The number of hydrogen-bond acceptors (Lipinski definition) is 7. The van der Waals surface area contributed by atoms with Crippen LogP contribution in [0.15, 0.2) is 41.1 Å². The van der Waals surface area contributed by atoms with Crippen LogP contribution in [0.25, 0.3) is 0 Å². The van der Waals surface area contributed by atoms with Gasteiger partial charge in [0.1, 0.15) is 17.4 Å². The van der Waals surface area contributed by atoms with E-state index in [2.05, 4.69) is 10.2 Å². The molecule has 1 aliphatic carbocycles. The number of carbonyl (C=O) groups is 2. The first-order chi connectivity index (χ1) is 14.1. The van der Waals surface area contributed by atoms with Crippen molar-refractivity contribution in [3.8, 4) is 5.75 Å². The molecule has 2 aliphatic heterocycles. The van der Waals surface area contributed by atoms with Gasteiger partial charge in [-0.25, -0.2) is 0 Å². The molecular formula is C20H18ClN3O4S. The summed E-state index contributed by atoms with van der Waals surface area (Å²) in [6.07, 6.45) is 1.68. The van der Waals surface area contributed by atoms with Gasteiger partial charge in [-0.15, -0.1) is 21.8 Å². The van der Waals surface area contributed by atoms with Gasteiger partial charge in [0, 0.05) is 5.38 Å². The summed E-state index contributed by atoms with van der Waals surface area (Å²) in [6.45, 7) is 0. The maximum Gasteiger partial charge on any atom is 0.296 e. The SMILES string of the molecule is COc1cccc(C2C3=C(OC4CCC(Cl)CC4C3=O)C(=O)N2c2nncs2)c1. The minimum atomic E-state index is -0.635. The first-order valence-corrected chi connectivity index (χ1v) is 10.7. The van der Waals surface area contributed by atoms with E-state index in [1.54, 1.807) is 12.6 Å². The third-order valence-corrected chi connectivity index (χ3v) is 6.83. The summed E-state index contributed by atoms with van der Waals surface area (Å²) in [5.41, 5.74) is 2.69. The fourth-order valence-corrected chi connectivity index (χ4v) is 5.31. The maximum absolute atomic E-state index is 13.5. The van der Waals surface area contributed by atoms with Crippen LogP contribution in [0, 0.1) is 5.92 Å². The van der Waals surface area contributed by atoms with Crippen molar-refractivity contribution in [3.63, 3.8) is 0 Å². The number of alkyl halides is 1. The fourth-order valence-electron chi connectivity index (χ4n) is 4.41. The molecule has 1 fully saturated rings. The summed E-state index contributed by atoms with van der Waals surface area (Å²) < 4.78 is 11.5. The van der Waals surface area contributed by atoms with Gasteiger partial charge in [-0.05, 0) is 37.0 Å². The van der Waals surface area contributed by atoms with E-state index >= 15 is 0 Å². The second-order valence-electron chi connectivity index (χ2n) is 7.36. The molecule has 1 amide bonds. The Hall–Kier alpha value is -2.45. The highest BCUT2D eigenvalue weighted by molar-refractivity contribution is 7.13. The van der Waals surface area contributed by atoms with Crippen LogP contribution in [0.2, 0.25) is 0 Å². The third kappa shape index (κ3) is 2.93. The fraction of sp³-hybridized carbons (Fsp3) is 0.400. The second-order valence-corrected chi connectivity index (χ2v) is 8.78. The highest BCUT2D eigenvalue weighted by Crippen LogP contribution is 2.49. The zero-order valence-corrected chi connectivity index (χ0v) is 17.2. The van der Waals surface area contributed by atoms with Crippen LogP contribution in [-0.4, -0.2) is 40.5 Å². The average Bonchev–Trinajstić information content (AvgIpc) is 3.35. The van der Waals surface area contributed by atoms with E-state index in [1.165, 1.54) is 16.2 Å².